The third-order valence-corrected chi connectivity index (χ3v) is 3.32. The van der Waals surface area contributed by atoms with Crippen LogP contribution in [-0.2, 0) is 9.59 Å². The van der Waals surface area contributed by atoms with E-state index in [0.717, 1.165) is 0 Å². The Morgan fingerprint density at radius 2 is 1.24 bits per heavy atom. The van der Waals surface area contributed by atoms with E-state index in [9.17, 15) is 14.4 Å². The number of carbonyl (C=O) groups is 3. The highest BCUT2D eigenvalue weighted by molar-refractivity contribution is 6.31. The summed E-state index contributed by atoms with van der Waals surface area (Å²) in [4.78, 5) is 34.3. The van der Waals surface area contributed by atoms with Crippen LogP contribution in [0.4, 0.5) is 21.9 Å². The standard InChI is InChI=1S/C17H13N5O3/c18-11-3-7-13(8-4-11)22-21-12-5-1-10(2-6-12)9-14-15(23)19-17(25)20-16(14)24/h1-9H,18H2,(H2,19,20,23,24,25). The minimum Gasteiger partial charge on any atom is -0.399 e. The Labute approximate surface area is 142 Å². The van der Waals surface area contributed by atoms with Crippen molar-refractivity contribution >= 4 is 41.0 Å². The molecule has 0 saturated carbocycles. The van der Waals surface area contributed by atoms with E-state index in [2.05, 4.69) is 10.2 Å². The number of nitrogens with one attached hydrogen (secondary N) is 2. The monoisotopic (exact) mass is 335 g/mol. The largest absolute Gasteiger partial charge is 0.399 e. The number of rotatable bonds is 3. The molecule has 0 spiro atoms. The van der Waals surface area contributed by atoms with Crippen LogP contribution in [0, 0.1) is 0 Å². The zero-order valence-electron chi connectivity index (χ0n) is 12.9. The van der Waals surface area contributed by atoms with Crippen molar-refractivity contribution in [3.05, 3.63) is 59.7 Å². The number of azo groups is 1. The Balaban J connectivity index is 1.75. The second kappa shape index (κ2) is 6.75. The predicted octanol–water partition coefficient (Wildman–Crippen LogP) is 2.43. The van der Waals surface area contributed by atoms with Gasteiger partial charge in [0, 0.05) is 5.69 Å². The molecule has 1 aliphatic heterocycles. The van der Waals surface area contributed by atoms with Gasteiger partial charge in [0.2, 0.25) is 0 Å². The smallest absolute Gasteiger partial charge is 0.328 e. The van der Waals surface area contributed by atoms with E-state index >= 15 is 0 Å². The maximum absolute atomic E-state index is 11.7. The highest BCUT2D eigenvalue weighted by atomic mass is 16.2. The van der Waals surface area contributed by atoms with Gasteiger partial charge in [-0.2, -0.15) is 10.2 Å². The third-order valence-electron chi connectivity index (χ3n) is 3.32. The summed E-state index contributed by atoms with van der Waals surface area (Å²) >= 11 is 0. The van der Waals surface area contributed by atoms with Crippen molar-refractivity contribution in [2.75, 3.05) is 5.73 Å². The minimum absolute atomic E-state index is 0.143. The first-order valence-corrected chi connectivity index (χ1v) is 7.27. The van der Waals surface area contributed by atoms with Crippen molar-refractivity contribution in [2.24, 2.45) is 10.2 Å². The molecule has 8 nitrogen and oxygen atoms in total. The van der Waals surface area contributed by atoms with Gasteiger partial charge < -0.3 is 5.73 Å². The summed E-state index contributed by atoms with van der Waals surface area (Å²) in [5, 5.41) is 12.2. The fourth-order valence-electron chi connectivity index (χ4n) is 2.07. The number of amides is 4. The Morgan fingerprint density at radius 3 is 1.76 bits per heavy atom. The van der Waals surface area contributed by atoms with Gasteiger partial charge in [0.25, 0.3) is 11.8 Å². The van der Waals surface area contributed by atoms with Crippen LogP contribution >= 0.6 is 0 Å². The van der Waals surface area contributed by atoms with E-state index in [1.54, 1.807) is 48.5 Å². The second-order valence-corrected chi connectivity index (χ2v) is 5.18. The van der Waals surface area contributed by atoms with Gasteiger partial charge in [-0.15, -0.1) is 0 Å². The summed E-state index contributed by atoms with van der Waals surface area (Å²) < 4.78 is 0. The van der Waals surface area contributed by atoms with Crippen LogP contribution in [0.2, 0.25) is 0 Å². The van der Waals surface area contributed by atoms with E-state index in [4.69, 9.17) is 5.73 Å². The van der Waals surface area contributed by atoms with Crippen LogP contribution in [0.25, 0.3) is 6.08 Å². The number of urea groups is 1. The molecule has 0 radical (unpaired) electrons. The molecule has 2 aromatic carbocycles. The summed E-state index contributed by atoms with van der Waals surface area (Å²) in [6.07, 6.45) is 1.39. The number of benzene rings is 2. The first-order valence-electron chi connectivity index (χ1n) is 7.27. The molecule has 0 aromatic heterocycles. The van der Waals surface area contributed by atoms with Gasteiger partial charge in [0.1, 0.15) is 5.57 Å². The molecule has 1 saturated heterocycles. The van der Waals surface area contributed by atoms with Crippen LogP contribution in [0.1, 0.15) is 5.56 Å². The van der Waals surface area contributed by atoms with Crippen LogP contribution in [0.15, 0.2) is 64.3 Å². The molecule has 3 rings (SSSR count). The van der Waals surface area contributed by atoms with Crippen molar-refractivity contribution in [2.45, 2.75) is 0 Å². The second-order valence-electron chi connectivity index (χ2n) is 5.18. The van der Waals surface area contributed by atoms with Crippen molar-refractivity contribution in [3.8, 4) is 0 Å². The summed E-state index contributed by atoms with van der Waals surface area (Å²) in [6.45, 7) is 0. The zero-order valence-corrected chi connectivity index (χ0v) is 12.9. The number of hydrogen-bond acceptors (Lipinski definition) is 6. The van der Waals surface area contributed by atoms with Gasteiger partial charge in [-0.05, 0) is 48.0 Å². The van der Waals surface area contributed by atoms with Crippen molar-refractivity contribution in [3.63, 3.8) is 0 Å². The minimum atomic E-state index is -0.828. The molecule has 1 aliphatic rings. The number of nitrogens with zero attached hydrogens (tertiary/aromatic N) is 2. The average molecular weight is 335 g/mol. The van der Waals surface area contributed by atoms with Crippen molar-refractivity contribution < 1.29 is 14.4 Å². The highest BCUT2D eigenvalue weighted by Gasteiger charge is 2.27. The fourth-order valence-corrected chi connectivity index (χ4v) is 2.07. The van der Waals surface area contributed by atoms with Crippen LogP contribution in [-0.4, -0.2) is 17.8 Å². The maximum atomic E-state index is 11.7. The first kappa shape index (κ1) is 16.1. The van der Waals surface area contributed by atoms with Crippen LogP contribution < -0.4 is 16.4 Å². The van der Waals surface area contributed by atoms with Gasteiger partial charge in [0.05, 0.1) is 11.4 Å². The normalized spacial score (nSPS) is 14.4. The summed E-state index contributed by atoms with van der Waals surface area (Å²) in [6, 6.07) is 12.9. The molecule has 0 bridgehead atoms. The molecule has 4 N–H and O–H groups in total. The molecule has 1 heterocycles. The molecule has 2 aromatic rings. The topological polar surface area (TPSA) is 126 Å². The van der Waals surface area contributed by atoms with E-state index in [1.165, 1.54) is 6.08 Å². The number of anilines is 1. The molecular formula is C17H13N5O3. The van der Waals surface area contributed by atoms with Gasteiger partial charge in [-0.25, -0.2) is 4.79 Å². The number of hydrogen-bond donors (Lipinski definition) is 3. The lowest BCUT2D eigenvalue weighted by Crippen LogP contribution is -2.51. The molecule has 1 fully saturated rings. The molecule has 4 amide bonds. The zero-order chi connectivity index (χ0) is 17.8. The lowest BCUT2D eigenvalue weighted by Gasteiger charge is -2.13. The summed E-state index contributed by atoms with van der Waals surface area (Å²) in [5.74, 6) is -1.47. The Hall–Kier alpha value is -3.81. The number of carbonyl (C=O) groups excluding carboxylic acids is 3. The van der Waals surface area contributed by atoms with E-state index in [0.29, 0.717) is 22.6 Å². The van der Waals surface area contributed by atoms with Crippen LogP contribution in [0.5, 0.6) is 0 Å². The van der Waals surface area contributed by atoms with Crippen molar-refractivity contribution in [1.82, 2.24) is 10.6 Å². The third kappa shape index (κ3) is 3.94. The Kier molecular flexibility index (Phi) is 4.34. The fraction of sp³-hybridized carbons (Fsp3) is 0. The number of imide groups is 2. The molecular weight excluding hydrogens is 322 g/mol. The molecule has 124 valence electrons. The van der Waals surface area contributed by atoms with Gasteiger partial charge in [-0.1, -0.05) is 12.1 Å². The predicted molar refractivity (Wildman–Crippen MR) is 91.1 cm³/mol. The van der Waals surface area contributed by atoms with Gasteiger partial charge in [-0.3, -0.25) is 20.2 Å². The number of barbiturate groups is 1. The highest BCUT2D eigenvalue weighted by Crippen LogP contribution is 2.20. The first-order chi connectivity index (χ1) is 12.0. The molecule has 25 heavy (non-hydrogen) atoms. The molecule has 0 atom stereocenters. The van der Waals surface area contributed by atoms with Crippen molar-refractivity contribution in [1.29, 1.82) is 0 Å². The van der Waals surface area contributed by atoms with E-state index in [-0.39, 0.29) is 5.57 Å². The average Bonchev–Trinajstić information content (AvgIpc) is 2.59. The van der Waals surface area contributed by atoms with E-state index < -0.39 is 17.8 Å². The Morgan fingerprint density at radius 1 is 0.760 bits per heavy atom. The Bertz CT molecular complexity index is 877. The number of nitrogen functional groups attached to an aromatic ring is 1. The molecule has 0 aliphatic carbocycles. The lowest BCUT2D eigenvalue weighted by molar-refractivity contribution is -0.123. The number of nitrogens with two attached hydrogens (primary N) is 1. The quantitative estimate of drug-likeness (QED) is 0.344. The lowest BCUT2D eigenvalue weighted by atomic mass is 10.1. The maximum Gasteiger partial charge on any atom is 0.328 e. The molecule has 0 unspecified atom stereocenters. The summed E-state index contributed by atoms with van der Waals surface area (Å²) in [5.41, 5.74) is 7.99. The van der Waals surface area contributed by atoms with Crippen LogP contribution in [0.3, 0.4) is 0 Å². The summed E-state index contributed by atoms with van der Waals surface area (Å²) in [7, 11) is 0. The van der Waals surface area contributed by atoms with Gasteiger partial charge in [0.15, 0.2) is 0 Å². The van der Waals surface area contributed by atoms with Gasteiger partial charge >= 0.3 is 6.03 Å². The van der Waals surface area contributed by atoms with E-state index in [1.807, 2.05) is 10.6 Å². The SMILES string of the molecule is Nc1ccc(N=Nc2ccc(C=C3C(=O)NC(=O)NC3=O)cc2)cc1. The molecule has 8 heteroatoms.